The normalized spacial score (nSPS) is 13.6. The van der Waals surface area contributed by atoms with E-state index in [0.29, 0.717) is 17.8 Å². The van der Waals surface area contributed by atoms with Crippen molar-refractivity contribution in [3.05, 3.63) is 35.5 Å². The highest BCUT2D eigenvalue weighted by Gasteiger charge is 2.25. The van der Waals surface area contributed by atoms with Gasteiger partial charge in [0.05, 0.1) is 17.7 Å². The van der Waals surface area contributed by atoms with E-state index >= 15 is 0 Å². The number of sulfonamides is 1. The van der Waals surface area contributed by atoms with Gasteiger partial charge in [0.25, 0.3) is 0 Å². The Morgan fingerprint density at radius 2 is 2.30 bits per heavy atom. The lowest BCUT2D eigenvalue weighted by Gasteiger charge is -2.13. The van der Waals surface area contributed by atoms with Crippen LogP contribution in [0.3, 0.4) is 0 Å². The average molecular weight is 298 g/mol. The van der Waals surface area contributed by atoms with Crippen molar-refractivity contribution >= 4 is 10.0 Å². The van der Waals surface area contributed by atoms with E-state index in [1.807, 2.05) is 0 Å². The van der Waals surface area contributed by atoms with Crippen LogP contribution in [0.15, 0.2) is 27.7 Å². The Balaban J connectivity index is 2.16. The Labute approximate surface area is 117 Å². The molecule has 110 valence electrons. The highest BCUT2D eigenvalue weighted by Crippen LogP contribution is 2.18. The van der Waals surface area contributed by atoms with Gasteiger partial charge in [0, 0.05) is 19.0 Å². The fourth-order valence-electron chi connectivity index (χ4n) is 2.06. The number of aryl methyl sites for hydroxylation is 1. The van der Waals surface area contributed by atoms with Crippen molar-refractivity contribution in [3.8, 4) is 0 Å². The van der Waals surface area contributed by atoms with Crippen LogP contribution in [0.4, 0.5) is 0 Å². The first-order valence-corrected chi connectivity index (χ1v) is 7.71. The maximum Gasteiger partial charge on any atom is 0.244 e. The first-order valence-electron chi connectivity index (χ1n) is 6.22. The van der Waals surface area contributed by atoms with Crippen molar-refractivity contribution in [3.63, 3.8) is 0 Å². The van der Waals surface area contributed by atoms with Crippen molar-refractivity contribution in [2.24, 2.45) is 5.73 Å². The molecule has 0 saturated heterocycles. The molecular formula is C12H18N4O3S. The van der Waals surface area contributed by atoms with E-state index in [4.69, 9.17) is 10.2 Å². The molecule has 2 rings (SSSR count). The first kappa shape index (κ1) is 14.8. The van der Waals surface area contributed by atoms with Crippen molar-refractivity contribution in [2.75, 3.05) is 0 Å². The Morgan fingerprint density at radius 3 is 2.90 bits per heavy atom. The van der Waals surface area contributed by atoms with Crippen molar-refractivity contribution < 1.29 is 12.8 Å². The molecule has 1 atom stereocenters. The molecule has 2 aromatic heterocycles. The minimum absolute atomic E-state index is 0.0626. The van der Waals surface area contributed by atoms with Crippen LogP contribution in [-0.4, -0.2) is 24.7 Å². The zero-order chi connectivity index (χ0) is 14.8. The zero-order valence-corrected chi connectivity index (χ0v) is 12.2. The summed E-state index contributed by atoms with van der Waals surface area (Å²) in [5.41, 5.74) is 6.32. The lowest BCUT2D eigenvalue weighted by Crippen LogP contribution is -2.34. The molecule has 0 saturated carbocycles. The van der Waals surface area contributed by atoms with Gasteiger partial charge in [-0.15, -0.1) is 0 Å². The zero-order valence-electron chi connectivity index (χ0n) is 11.4. The van der Waals surface area contributed by atoms with E-state index in [9.17, 15) is 8.42 Å². The number of rotatable bonds is 6. The molecule has 0 amide bonds. The molecule has 2 aromatic rings. The van der Waals surface area contributed by atoms with Crippen LogP contribution in [0.1, 0.15) is 24.1 Å². The lowest BCUT2D eigenvalue weighted by molar-refractivity contribution is 0.479. The van der Waals surface area contributed by atoms with Crippen molar-refractivity contribution in [1.29, 1.82) is 0 Å². The van der Waals surface area contributed by atoms with E-state index in [0.717, 1.165) is 5.76 Å². The second-order valence-electron chi connectivity index (χ2n) is 4.63. The van der Waals surface area contributed by atoms with Gasteiger partial charge in [-0.05, 0) is 26.0 Å². The Hall–Kier alpha value is -1.64. The molecular weight excluding hydrogens is 280 g/mol. The van der Waals surface area contributed by atoms with Gasteiger partial charge < -0.3 is 10.2 Å². The average Bonchev–Trinajstić information content (AvgIpc) is 2.97. The highest BCUT2D eigenvalue weighted by molar-refractivity contribution is 7.89. The topological polar surface area (TPSA) is 114 Å². The van der Waals surface area contributed by atoms with Gasteiger partial charge in [-0.1, -0.05) is 0 Å². The predicted octanol–water partition coefficient (Wildman–Crippen LogP) is 0.679. The fraction of sp³-hybridized carbons (Fsp3) is 0.417. The highest BCUT2D eigenvalue weighted by atomic mass is 32.2. The molecule has 1 unspecified atom stereocenters. The third-order valence-electron chi connectivity index (χ3n) is 2.87. The Kier molecular flexibility index (Phi) is 4.26. The number of nitrogens with zero attached hydrogens (tertiary/aromatic N) is 1. The van der Waals surface area contributed by atoms with Gasteiger partial charge in [0.2, 0.25) is 10.0 Å². The summed E-state index contributed by atoms with van der Waals surface area (Å²) in [5.74, 6) is 0.725. The number of aromatic nitrogens is 2. The molecule has 0 aliphatic heterocycles. The summed E-state index contributed by atoms with van der Waals surface area (Å²) in [6.45, 7) is 3.49. The molecule has 0 spiro atoms. The number of H-pyrrole nitrogens is 1. The van der Waals surface area contributed by atoms with E-state index in [2.05, 4.69) is 14.9 Å². The minimum atomic E-state index is -3.66. The van der Waals surface area contributed by atoms with E-state index in [1.54, 1.807) is 32.2 Å². The summed E-state index contributed by atoms with van der Waals surface area (Å²) in [4.78, 5) is 0.131. The minimum Gasteiger partial charge on any atom is -0.469 e. The monoisotopic (exact) mass is 298 g/mol. The van der Waals surface area contributed by atoms with Gasteiger partial charge in [-0.25, -0.2) is 13.1 Å². The van der Waals surface area contributed by atoms with Gasteiger partial charge in [0.15, 0.2) is 0 Å². The summed E-state index contributed by atoms with van der Waals surface area (Å²) >= 11 is 0. The number of hydrogen-bond donors (Lipinski definition) is 3. The van der Waals surface area contributed by atoms with Crippen molar-refractivity contribution in [1.82, 2.24) is 14.9 Å². The summed E-state index contributed by atoms with van der Waals surface area (Å²) < 4.78 is 32.6. The molecule has 0 aliphatic carbocycles. The number of aromatic amines is 1. The van der Waals surface area contributed by atoms with E-state index in [1.165, 1.54) is 0 Å². The Morgan fingerprint density at radius 1 is 1.55 bits per heavy atom. The van der Waals surface area contributed by atoms with Crippen molar-refractivity contribution in [2.45, 2.75) is 37.8 Å². The number of hydrogen-bond acceptors (Lipinski definition) is 5. The molecule has 2 heterocycles. The predicted molar refractivity (Wildman–Crippen MR) is 73.4 cm³/mol. The van der Waals surface area contributed by atoms with Gasteiger partial charge >= 0.3 is 0 Å². The quantitative estimate of drug-likeness (QED) is 0.725. The van der Waals surface area contributed by atoms with E-state index < -0.39 is 10.0 Å². The molecule has 4 N–H and O–H groups in total. The van der Waals surface area contributed by atoms with Crippen LogP contribution < -0.4 is 10.5 Å². The molecule has 0 fully saturated rings. The van der Waals surface area contributed by atoms with E-state index in [-0.39, 0.29) is 17.5 Å². The van der Waals surface area contributed by atoms with Crippen LogP contribution in [0.2, 0.25) is 0 Å². The van der Waals surface area contributed by atoms with Crippen LogP contribution in [0.25, 0.3) is 0 Å². The maximum atomic E-state index is 12.4. The lowest BCUT2D eigenvalue weighted by atomic mass is 10.2. The molecule has 8 heteroatoms. The van der Waals surface area contributed by atoms with Crippen LogP contribution in [0.5, 0.6) is 0 Å². The summed E-state index contributed by atoms with van der Waals surface area (Å²) in [7, 11) is -3.66. The second kappa shape index (κ2) is 5.78. The number of nitrogens with one attached hydrogen (secondary N) is 2. The molecule has 7 nitrogen and oxygen atoms in total. The first-order chi connectivity index (χ1) is 9.44. The molecule has 0 radical (unpaired) electrons. The maximum absolute atomic E-state index is 12.4. The number of nitrogens with two attached hydrogens (primary N) is 1. The second-order valence-corrected chi connectivity index (χ2v) is 6.29. The molecule has 20 heavy (non-hydrogen) atoms. The standard InChI is InChI=1S/C12H18N4O3S/c1-8(6-10-4-3-5-19-10)16-20(17,18)12-9(2)14-15-11(12)7-13/h3-5,8,16H,6-7,13H2,1-2H3,(H,14,15). The van der Waals surface area contributed by atoms with Gasteiger partial charge in [-0.3, -0.25) is 5.10 Å². The summed E-state index contributed by atoms with van der Waals surface area (Å²) in [6.07, 6.45) is 2.03. The molecule has 0 bridgehead atoms. The van der Waals surface area contributed by atoms with Crippen LogP contribution in [-0.2, 0) is 23.0 Å². The summed E-state index contributed by atoms with van der Waals surface area (Å²) in [5, 5.41) is 6.54. The van der Waals surface area contributed by atoms with Gasteiger partial charge in [0.1, 0.15) is 10.7 Å². The smallest absolute Gasteiger partial charge is 0.244 e. The third-order valence-corrected chi connectivity index (χ3v) is 4.66. The Bertz CT molecular complexity index is 661. The molecule has 0 aliphatic rings. The summed E-state index contributed by atoms with van der Waals surface area (Å²) in [6, 6.07) is 3.27. The largest absolute Gasteiger partial charge is 0.469 e. The van der Waals surface area contributed by atoms with Crippen LogP contribution >= 0.6 is 0 Å². The SMILES string of the molecule is Cc1[nH]nc(CN)c1S(=O)(=O)NC(C)Cc1ccco1. The fourth-order valence-corrected chi connectivity index (χ4v) is 3.68. The van der Waals surface area contributed by atoms with Crippen LogP contribution in [0, 0.1) is 6.92 Å². The number of furan rings is 1. The van der Waals surface area contributed by atoms with Gasteiger partial charge in [-0.2, -0.15) is 5.10 Å². The third kappa shape index (κ3) is 3.09. The molecule has 0 aromatic carbocycles.